The summed E-state index contributed by atoms with van der Waals surface area (Å²) in [5.41, 5.74) is 0.204. The van der Waals surface area contributed by atoms with Crippen LogP contribution < -0.4 is 16.0 Å². The molecule has 0 aromatic heterocycles. The van der Waals surface area contributed by atoms with E-state index >= 15 is 0 Å². The van der Waals surface area contributed by atoms with E-state index in [4.69, 9.17) is 0 Å². The molecule has 1 spiro atoms. The van der Waals surface area contributed by atoms with Gasteiger partial charge in [-0.1, -0.05) is 30.3 Å². The number of amides is 4. The van der Waals surface area contributed by atoms with Gasteiger partial charge in [-0.25, -0.2) is 13.6 Å². The van der Waals surface area contributed by atoms with Gasteiger partial charge in [-0.3, -0.25) is 19.8 Å². The molecule has 4 fully saturated rings. The number of benzene rings is 1. The maximum atomic E-state index is 13.5. The first kappa shape index (κ1) is 25.8. The Morgan fingerprint density at radius 1 is 1.06 bits per heavy atom. The van der Waals surface area contributed by atoms with Crippen molar-refractivity contribution in [2.45, 2.75) is 87.4 Å². The highest BCUT2D eigenvalue weighted by atomic mass is 35.5. The first-order valence-corrected chi connectivity index (χ1v) is 12.4. The molecule has 0 radical (unpaired) electrons. The summed E-state index contributed by atoms with van der Waals surface area (Å²) in [6.45, 7) is 0.754. The highest BCUT2D eigenvalue weighted by Gasteiger charge is 2.55. The molecule has 3 aliphatic heterocycles. The normalized spacial score (nSPS) is 30.9. The maximum Gasteiger partial charge on any atom is 0.322 e. The quantitative estimate of drug-likeness (QED) is 0.509. The number of rotatable bonds is 6. The first-order valence-electron chi connectivity index (χ1n) is 12.4. The summed E-state index contributed by atoms with van der Waals surface area (Å²) in [6.07, 6.45) is 3.81. The number of carbonyl (C=O) groups excluding carboxylic acids is 3. The molecule has 35 heavy (non-hydrogen) atoms. The van der Waals surface area contributed by atoms with Crippen LogP contribution in [0.25, 0.3) is 0 Å². The number of carbonyl (C=O) groups is 3. The van der Waals surface area contributed by atoms with Gasteiger partial charge < -0.3 is 10.6 Å². The number of halogens is 3. The Balaban J connectivity index is 0.00000289. The summed E-state index contributed by atoms with van der Waals surface area (Å²) in [5, 5.41) is 8.40. The molecule has 1 aliphatic carbocycles. The number of hydrogen-bond acceptors (Lipinski definition) is 4. The van der Waals surface area contributed by atoms with Crippen LogP contribution in [-0.2, 0) is 9.59 Å². The Morgan fingerprint density at radius 2 is 1.69 bits per heavy atom. The average Bonchev–Trinajstić information content (AvgIpc) is 3.21. The molecule has 192 valence electrons. The van der Waals surface area contributed by atoms with Crippen LogP contribution in [0.2, 0.25) is 0 Å². The highest BCUT2D eigenvalue weighted by Crippen LogP contribution is 2.42. The van der Waals surface area contributed by atoms with Crippen LogP contribution in [0, 0.1) is 5.92 Å². The van der Waals surface area contributed by atoms with Crippen molar-refractivity contribution in [1.29, 1.82) is 0 Å². The second kappa shape index (κ2) is 10.0. The minimum Gasteiger partial charge on any atom is -0.349 e. The van der Waals surface area contributed by atoms with Crippen molar-refractivity contribution < 1.29 is 23.2 Å². The number of piperidine rings is 1. The van der Waals surface area contributed by atoms with Gasteiger partial charge >= 0.3 is 6.03 Å². The van der Waals surface area contributed by atoms with Gasteiger partial charge in [0.05, 0.1) is 6.04 Å². The zero-order valence-corrected chi connectivity index (χ0v) is 20.4. The third-order valence-corrected chi connectivity index (χ3v) is 8.24. The van der Waals surface area contributed by atoms with Crippen LogP contribution in [0.5, 0.6) is 0 Å². The van der Waals surface area contributed by atoms with Crippen molar-refractivity contribution in [3.05, 3.63) is 35.9 Å². The fourth-order valence-electron chi connectivity index (χ4n) is 6.40. The highest BCUT2D eigenvalue weighted by molar-refractivity contribution is 6.07. The van der Waals surface area contributed by atoms with Crippen LogP contribution in [0.4, 0.5) is 13.6 Å². The largest absolute Gasteiger partial charge is 0.349 e. The third-order valence-electron chi connectivity index (χ3n) is 8.24. The first-order chi connectivity index (χ1) is 16.2. The molecule has 3 atom stereocenters. The number of alkyl halides is 2. The van der Waals surface area contributed by atoms with Gasteiger partial charge in [0.25, 0.3) is 5.91 Å². The number of hydrogen-bond donors (Lipinski definition) is 3. The molecule has 4 amide bonds. The molecular weight excluding hydrogens is 478 g/mol. The molecule has 2 bridgehead atoms. The van der Waals surface area contributed by atoms with Crippen molar-refractivity contribution in [1.82, 2.24) is 20.9 Å². The van der Waals surface area contributed by atoms with E-state index in [0.717, 1.165) is 24.9 Å². The van der Waals surface area contributed by atoms with Gasteiger partial charge in [-0.15, -0.1) is 12.4 Å². The molecule has 7 nitrogen and oxygen atoms in total. The van der Waals surface area contributed by atoms with Crippen LogP contribution in [-0.4, -0.2) is 52.8 Å². The van der Waals surface area contributed by atoms with Crippen molar-refractivity contribution >= 4 is 30.3 Å². The van der Waals surface area contributed by atoms with E-state index in [1.807, 2.05) is 30.3 Å². The zero-order chi connectivity index (χ0) is 23.9. The second-order valence-electron chi connectivity index (χ2n) is 10.4. The van der Waals surface area contributed by atoms with Crippen LogP contribution in [0.3, 0.4) is 0 Å². The molecule has 1 aromatic carbocycles. The molecule has 1 saturated carbocycles. The van der Waals surface area contributed by atoms with Crippen LogP contribution >= 0.6 is 12.4 Å². The predicted octanol–water partition coefficient (Wildman–Crippen LogP) is 3.69. The number of imide groups is 1. The molecule has 3 heterocycles. The Hall–Kier alpha value is -2.26. The van der Waals surface area contributed by atoms with Gasteiger partial charge in [0.1, 0.15) is 5.54 Å². The van der Waals surface area contributed by atoms with E-state index in [-0.39, 0.29) is 73.9 Å². The smallest absolute Gasteiger partial charge is 0.322 e. The van der Waals surface area contributed by atoms with E-state index in [0.29, 0.717) is 19.3 Å². The summed E-state index contributed by atoms with van der Waals surface area (Å²) in [4.78, 5) is 39.6. The van der Waals surface area contributed by atoms with Crippen LogP contribution in [0.15, 0.2) is 30.3 Å². The summed E-state index contributed by atoms with van der Waals surface area (Å²) in [7, 11) is 0. The number of urea groups is 1. The molecule has 3 N–H and O–H groups in total. The van der Waals surface area contributed by atoms with Crippen LogP contribution in [0.1, 0.15) is 69.4 Å². The summed E-state index contributed by atoms with van der Waals surface area (Å²) < 4.78 is 27.1. The SMILES string of the molecule is Cl.O=C1NC(=O)C2(CC3CCC(C2)N3CC[C@H](NC(=O)C2CCC(F)(F)CC2)c2ccccc2)N1. The topological polar surface area (TPSA) is 90.5 Å². The second-order valence-corrected chi connectivity index (χ2v) is 10.4. The van der Waals surface area contributed by atoms with Crippen molar-refractivity contribution in [3.63, 3.8) is 0 Å². The van der Waals surface area contributed by atoms with Gasteiger partial charge in [-0.2, -0.15) is 0 Å². The summed E-state index contributed by atoms with van der Waals surface area (Å²) in [6, 6.07) is 9.56. The average molecular weight is 511 g/mol. The molecule has 5 rings (SSSR count). The summed E-state index contributed by atoms with van der Waals surface area (Å²) in [5.74, 6) is -3.39. The lowest BCUT2D eigenvalue weighted by Gasteiger charge is -2.43. The van der Waals surface area contributed by atoms with E-state index in [2.05, 4.69) is 20.9 Å². The van der Waals surface area contributed by atoms with E-state index in [1.165, 1.54) is 0 Å². The molecule has 1 aromatic rings. The zero-order valence-electron chi connectivity index (χ0n) is 19.6. The molecular formula is C25H33ClF2N4O3. The summed E-state index contributed by atoms with van der Waals surface area (Å²) >= 11 is 0. The number of nitrogens with zero attached hydrogens (tertiary/aromatic N) is 1. The molecule has 2 unspecified atom stereocenters. The Labute approximate surface area is 210 Å². The van der Waals surface area contributed by atoms with Crippen molar-refractivity contribution in [2.75, 3.05) is 6.54 Å². The van der Waals surface area contributed by atoms with E-state index in [1.54, 1.807) is 0 Å². The van der Waals surface area contributed by atoms with Crippen molar-refractivity contribution in [2.24, 2.45) is 5.92 Å². The third kappa shape index (κ3) is 5.31. The Morgan fingerprint density at radius 3 is 2.26 bits per heavy atom. The number of nitrogens with one attached hydrogen (secondary N) is 3. The fraction of sp³-hybridized carbons (Fsp3) is 0.640. The number of fused-ring (bicyclic) bond motifs is 2. The minimum absolute atomic E-state index is 0. The van der Waals surface area contributed by atoms with E-state index in [9.17, 15) is 23.2 Å². The van der Waals surface area contributed by atoms with Crippen molar-refractivity contribution in [3.8, 4) is 0 Å². The molecule has 10 heteroatoms. The Bertz CT molecular complexity index is 939. The Kier molecular flexibility index (Phi) is 7.38. The van der Waals surface area contributed by atoms with Gasteiger partial charge in [0.15, 0.2) is 0 Å². The van der Waals surface area contributed by atoms with E-state index < -0.39 is 17.5 Å². The maximum absolute atomic E-state index is 13.5. The molecule has 4 aliphatic rings. The van der Waals surface area contributed by atoms with Gasteiger partial charge in [0.2, 0.25) is 11.8 Å². The standard InChI is InChI=1S/C25H32F2N4O3.ClH/c26-25(27)11-8-17(9-12-25)21(32)28-20(16-4-2-1-3-5-16)10-13-31-18-6-7-19(31)15-24(14-18)22(33)29-23(34)30-24;/h1-5,17-20H,6-15H2,(H,28,32)(H2,29,30,33,34);1H/t18?,19?,20-,24?;/m0./s1. The lowest BCUT2D eigenvalue weighted by Crippen LogP contribution is -2.59. The molecule has 3 saturated heterocycles. The predicted molar refractivity (Wildman–Crippen MR) is 128 cm³/mol. The monoisotopic (exact) mass is 510 g/mol. The van der Waals surface area contributed by atoms with Gasteiger partial charge in [-0.05, 0) is 50.5 Å². The lowest BCUT2D eigenvalue weighted by molar-refractivity contribution is -0.130. The minimum atomic E-state index is -2.66. The van der Waals surface area contributed by atoms with Gasteiger partial charge in [0, 0.05) is 37.4 Å². The fourth-order valence-corrected chi connectivity index (χ4v) is 6.40. The lowest BCUT2D eigenvalue weighted by atomic mass is 9.82.